The van der Waals surface area contributed by atoms with Crippen LogP contribution in [-0.4, -0.2) is 11.9 Å². The number of nitrogens with two attached hydrogens (primary N) is 1. The number of anilines is 1. The quantitative estimate of drug-likeness (QED) is 0.850. The van der Waals surface area contributed by atoms with Crippen molar-refractivity contribution < 1.29 is 4.79 Å². The Balaban J connectivity index is 2.59. The van der Waals surface area contributed by atoms with E-state index in [9.17, 15) is 4.79 Å². The summed E-state index contributed by atoms with van der Waals surface area (Å²) >= 11 is 5.95. The molecule has 0 aliphatic heterocycles. The molecule has 16 heavy (non-hydrogen) atoms. The highest BCUT2D eigenvalue weighted by Crippen LogP contribution is 2.20. The molecule has 1 amide bonds. The van der Waals surface area contributed by atoms with E-state index in [2.05, 4.69) is 5.32 Å². The van der Waals surface area contributed by atoms with Gasteiger partial charge in [0.15, 0.2) is 0 Å². The monoisotopic (exact) mass is 240 g/mol. The Morgan fingerprint density at radius 3 is 2.81 bits per heavy atom. The zero-order valence-corrected chi connectivity index (χ0v) is 10.3. The van der Waals surface area contributed by atoms with E-state index in [0.717, 1.165) is 12.0 Å². The number of carbonyl (C=O) groups excluding carboxylic acids is 1. The third-order valence-corrected chi connectivity index (χ3v) is 2.83. The van der Waals surface area contributed by atoms with Crippen LogP contribution in [0.25, 0.3) is 0 Å². The van der Waals surface area contributed by atoms with Crippen molar-refractivity contribution in [3.8, 4) is 0 Å². The summed E-state index contributed by atoms with van der Waals surface area (Å²) in [6.07, 6.45) is 1.13. The van der Waals surface area contributed by atoms with Crippen LogP contribution < -0.4 is 11.1 Å². The summed E-state index contributed by atoms with van der Waals surface area (Å²) in [5, 5.41) is 3.42. The maximum Gasteiger partial charge on any atom is 0.225 e. The third-order valence-electron chi connectivity index (χ3n) is 2.43. The van der Waals surface area contributed by atoms with Gasteiger partial charge in [0.05, 0.1) is 0 Å². The Morgan fingerprint density at radius 1 is 1.56 bits per heavy atom. The standard InChI is InChI=1S/C12H17ClN2O/c1-3-9(14)6-12(16)15-10-5-4-8(2)11(13)7-10/h4-5,7,9H,3,6,14H2,1-2H3,(H,15,16). The summed E-state index contributed by atoms with van der Waals surface area (Å²) in [7, 11) is 0. The molecule has 0 heterocycles. The van der Waals surface area contributed by atoms with Gasteiger partial charge in [0, 0.05) is 23.2 Å². The second kappa shape index (κ2) is 5.87. The van der Waals surface area contributed by atoms with Gasteiger partial charge in [-0.3, -0.25) is 4.79 Å². The smallest absolute Gasteiger partial charge is 0.225 e. The fraction of sp³-hybridized carbons (Fsp3) is 0.417. The molecular weight excluding hydrogens is 224 g/mol. The Bertz CT molecular complexity index is 379. The second-order valence-electron chi connectivity index (χ2n) is 3.88. The van der Waals surface area contributed by atoms with Crippen molar-refractivity contribution in [2.75, 3.05) is 5.32 Å². The molecule has 1 aromatic rings. The van der Waals surface area contributed by atoms with Crippen LogP contribution in [0.3, 0.4) is 0 Å². The van der Waals surface area contributed by atoms with Crippen molar-refractivity contribution in [1.82, 2.24) is 0 Å². The Morgan fingerprint density at radius 2 is 2.25 bits per heavy atom. The number of hydrogen-bond acceptors (Lipinski definition) is 2. The van der Waals surface area contributed by atoms with Gasteiger partial charge in [-0.15, -0.1) is 0 Å². The first-order chi connectivity index (χ1) is 7.52. The minimum atomic E-state index is -0.0825. The van der Waals surface area contributed by atoms with Gasteiger partial charge in [-0.1, -0.05) is 24.6 Å². The molecule has 1 unspecified atom stereocenters. The highest BCUT2D eigenvalue weighted by Gasteiger charge is 2.08. The van der Waals surface area contributed by atoms with E-state index in [0.29, 0.717) is 17.1 Å². The Kier molecular flexibility index (Phi) is 4.77. The molecule has 0 aromatic heterocycles. The molecule has 1 aromatic carbocycles. The van der Waals surface area contributed by atoms with Crippen LogP contribution in [0.4, 0.5) is 5.69 Å². The average molecular weight is 241 g/mol. The summed E-state index contributed by atoms with van der Waals surface area (Å²) in [4.78, 5) is 11.5. The molecule has 0 saturated carbocycles. The molecule has 0 radical (unpaired) electrons. The largest absolute Gasteiger partial charge is 0.327 e. The summed E-state index contributed by atoms with van der Waals surface area (Å²) in [6, 6.07) is 5.36. The first-order valence-corrected chi connectivity index (χ1v) is 5.72. The summed E-state index contributed by atoms with van der Waals surface area (Å²) in [6.45, 7) is 3.88. The highest BCUT2D eigenvalue weighted by atomic mass is 35.5. The van der Waals surface area contributed by atoms with Gasteiger partial charge in [0.25, 0.3) is 0 Å². The molecule has 3 nitrogen and oxygen atoms in total. The van der Waals surface area contributed by atoms with Gasteiger partial charge in [-0.25, -0.2) is 0 Å². The van der Waals surface area contributed by atoms with Crippen LogP contribution in [-0.2, 0) is 4.79 Å². The van der Waals surface area contributed by atoms with E-state index in [4.69, 9.17) is 17.3 Å². The van der Waals surface area contributed by atoms with Crippen LogP contribution in [0.1, 0.15) is 25.3 Å². The lowest BCUT2D eigenvalue weighted by Gasteiger charge is -2.10. The number of hydrogen-bond donors (Lipinski definition) is 2. The normalized spacial score (nSPS) is 12.2. The summed E-state index contributed by atoms with van der Waals surface area (Å²) in [5.41, 5.74) is 7.40. The van der Waals surface area contributed by atoms with Gasteiger partial charge in [0.2, 0.25) is 5.91 Å². The van der Waals surface area contributed by atoms with Crippen LogP contribution in [0, 0.1) is 6.92 Å². The predicted octanol–water partition coefficient (Wildman–Crippen LogP) is 2.71. The number of halogens is 1. The first-order valence-electron chi connectivity index (χ1n) is 5.34. The number of benzene rings is 1. The van der Waals surface area contributed by atoms with E-state index in [1.165, 1.54) is 0 Å². The fourth-order valence-corrected chi connectivity index (χ4v) is 1.45. The lowest BCUT2D eigenvalue weighted by molar-refractivity contribution is -0.116. The van der Waals surface area contributed by atoms with Crippen molar-refractivity contribution in [3.05, 3.63) is 28.8 Å². The molecule has 0 aliphatic carbocycles. The minimum Gasteiger partial charge on any atom is -0.327 e. The lowest BCUT2D eigenvalue weighted by atomic mass is 10.1. The second-order valence-corrected chi connectivity index (χ2v) is 4.29. The van der Waals surface area contributed by atoms with Crippen LogP contribution in [0.2, 0.25) is 5.02 Å². The molecule has 0 aliphatic rings. The van der Waals surface area contributed by atoms with Crippen LogP contribution in [0.15, 0.2) is 18.2 Å². The van der Waals surface area contributed by atoms with Gasteiger partial charge in [0.1, 0.15) is 0 Å². The molecule has 88 valence electrons. The highest BCUT2D eigenvalue weighted by molar-refractivity contribution is 6.31. The van der Waals surface area contributed by atoms with E-state index in [-0.39, 0.29) is 11.9 Å². The van der Waals surface area contributed by atoms with Gasteiger partial charge >= 0.3 is 0 Å². The number of nitrogens with one attached hydrogen (secondary N) is 1. The first kappa shape index (κ1) is 13.0. The molecule has 0 bridgehead atoms. The van der Waals surface area contributed by atoms with Crippen molar-refractivity contribution in [1.29, 1.82) is 0 Å². The maximum atomic E-state index is 11.5. The Hall–Kier alpha value is -1.06. The molecule has 1 atom stereocenters. The molecule has 0 spiro atoms. The van der Waals surface area contributed by atoms with E-state index in [1.54, 1.807) is 6.07 Å². The zero-order chi connectivity index (χ0) is 12.1. The maximum absolute atomic E-state index is 11.5. The van der Waals surface area contributed by atoms with Crippen molar-refractivity contribution in [2.24, 2.45) is 5.73 Å². The molecule has 0 fully saturated rings. The van der Waals surface area contributed by atoms with Crippen molar-refractivity contribution in [3.63, 3.8) is 0 Å². The van der Waals surface area contributed by atoms with Crippen molar-refractivity contribution >= 4 is 23.2 Å². The van der Waals surface area contributed by atoms with E-state index < -0.39 is 0 Å². The molecule has 4 heteroatoms. The summed E-state index contributed by atoms with van der Waals surface area (Å²) in [5.74, 6) is -0.0748. The molecular formula is C12H17ClN2O. The molecule has 1 rings (SSSR count). The van der Waals surface area contributed by atoms with Gasteiger partial charge in [-0.2, -0.15) is 0 Å². The third kappa shape index (κ3) is 3.83. The van der Waals surface area contributed by atoms with E-state index in [1.807, 2.05) is 26.0 Å². The number of amides is 1. The predicted molar refractivity (Wildman–Crippen MR) is 67.7 cm³/mol. The number of carbonyl (C=O) groups is 1. The SMILES string of the molecule is CCC(N)CC(=O)Nc1ccc(C)c(Cl)c1. The van der Waals surface area contributed by atoms with Gasteiger partial charge in [-0.05, 0) is 31.0 Å². The number of rotatable bonds is 4. The van der Waals surface area contributed by atoms with E-state index >= 15 is 0 Å². The fourth-order valence-electron chi connectivity index (χ4n) is 1.27. The van der Waals surface area contributed by atoms with Gasteiger partial charge < -0.3 is 11.1 Å². The average Bonchev–Trinajstić information content (AvgIpc) is 2.23. The molecule has 0 saturated heterocycles. The zero-order valence-electron chi connectivity index (χ0n) is 9.59. The molecule has 3 N–H and O–H groups in total. The van der Waals surface area contributed by atoms with Crippen molar-refractivity contribution in [2.45, 2.75) is 32.7 Å². The van der Waals surface area contributed by atoms with Crippen LogP contribution in [0.5, 0.6) is 0 Å². The Labute approximate surface area is 101 Å². The summed E-state index contributed by atoms with van der Waals surface area (Å²) < 4.78 is 0. The lowest BCUT2D eigenvalue weighted by Crippen LogP contribution is -2.26. The topological polar surface area (TPSA) is 55.1 Å². The number of aryl methyl sites for hydroxylation is 1. The minimum absolute atomic E-state index is 0.0748. The van der Waals surface area contributed by atoms with Crippen LogP contribution >= 0.6 is 11.6 Å².